The molecule has 1 aliphatic rings. The Morgan fingerprint density at radius 3 is 2.32 bits per heavy atom. The monoisotopic (exact) mass is 473 g/mol. The second kappa shape index (κ2) is 10.8. The van der Waals surface area contributed by atoms with Crippen LogP contribution in [0.2, 0.25) is 0 Å². The summed E-state index contributed by atoms with van der Waals surface area (Å²) in [6.07, 6.45) is -0.0716. The van der Waals surface area contributed by atoms with E-state index < -0.39 is 11.2 Å². The van der Waals surface area contributed by atoms with Crippen molar-refractivity contribution in [3.8, 4) is 0 Å². The Hall–Kier alpha value is -3.91. The summed E-state index contributed by atoms with van der Waals surface area (Å²) < 4.78 is 5.06. The number of carbonyl (C=O) groups excluding carboxylic acids is 3. The molecular weight excluding hydrogens is 450 g/mol. The molecule has 4 rings (SSSR count). The lowest BCUT2D eigenvalue weighted by atomic mass is 10.1. The van der Waals surface area contributed by atoms with E-state index in [2.05, 4.69) is 10.3 Å². The molecule has 3 aromatic rings. The van der Waals surface area contributed by atoms with E-state index >= 15 is 0 Å². The molecule has 1 atom stereocenters. The van der Waals surface area contributed by atoms with Gasteiger partial charge in [-0.25, -0.2) is 9.79 Å². The van der Waals surface area contributed by atoms with Crippen LogP contribution in [0.15, 0.2) is 89.9 Å². The van der Waals surface area contributed by atoms with Crippen LogP contribution in [0, 0.1) is 0 Å². The fraction of sp³-hybridized carbons (Fsp3) is 0.154. The van der Waals surface area contributed by atoms with Gasteiger partial charge in [0.25, 0.3) is 0 Å². The zero-order valence-electron chi connectivity index (χ0n) is 18.5. The van der Waals surface area contributed by atoms with Crippen LogP contribution >= 0.6 is 11.8 Å². The van der Waals surface area contributed by atoms with E-state index in [9.17, 15) is 14.4 Å². The molecule has 1 saturated heterocycles. The number of ether oxygens (including phenoxy) is 1. The first-order valence-corrected chi connectivity index (χ1v) is 11.7. The Labute approximate surface area is 201 Å². The van der Waals surface area contributed by atoms with Crippen molar-refractivity contribution in [1.29, 1.82) is 0 Å². The molecule has 3 aromatic carbocycles. The first-order chi connectivity index (χ1) is 16.6. The summed E-state index contributed by atoms with van der Waals surface area (Å²) in [7, 11) is 0. The summed E-state index contributed by atoms with van der Waals surface area (Å²) in [4.78, 5) is 44.6. The molecule has 1 N–H and O–H groups in total. The summed E-state index contributed by atoms with van der Waals surface area (Å²) in [6, 6.07) is 25.2. The number of nitrogens with zero attached hydrogens (tertiary/aromatic N) is 2. The minimum absolute atomic E-state index is 0.0716. The van der Waals surface area contributed by atoms with E-state index in [4.69, 9.17) is 4.74 Å². The lowest BCUT2D eigenvalue weighted by molar-refractivity contribution is -0.121. The van der Waals surface area contributed by atoms with Crippen molar-refractivity contribution in [2.75, 3.05) is 16.8 Å². The maximum Gasteiger partial charge on any atom is 0.340 e. The number of carbonyl (C=O) groups is 3. The zero-order chi connectivity index (χ0) is 23.9. The van der Waals surface area contributed by atoms with Crippen molar-refractivity contribution in [2.24, 2.45) is 4.99 Å². The number of amides is 2. The quantitative estimate of drug-likeness (QED) is 0.487. The maximum absolute atomic E-state index is 13.3. The fourth-order valence-corrected chi connectivity index (χ4v) is 4.60. The number of esters is 1. The van der Waals surface area contributed by atoms with Gasteiger partial charge in [0.05, 0.1) is 29.2 Å². The minimum Gasteiger partial charge on any atom is -0.462 e. The summed E-state index contributed by atoms with van der Waals surface area (Å²) in [5.74, 6) is -1.12. The highest BCUT2D eigenvalue weighted by molar-refractivity contribution is 8.16. The summed E-state index contributed by atoms with van der Waals surface area (Å²) >= 11 is 1.25. The molecule has 172 valence electrons. The molecule has 0 radical (unpaired) electrons. The topological polar surface area (TPSA) is 88.1 Å². The van der Waals surface area contributed by atoms with Gasteiger partial charge in [-0.1, -0.05) is 60.3 Å². The molecule has 1 aliphatic heterocycles. The molecule has 0 aliphatic carbocycles. The number of thioether (sulfide) groups is 1. The molecule has 2 amide bonds. The van der Waals surface area contributed by atoms with Gasteiger partial charge in [-0.3, -0.25) is 14.5 Å². The van der Waals surface area contributed by atoms with Crippen LogP contribution in [0.25, 0.3) is 0 Å². The Morgan fingerprint density at radius 2 is 1.62 bits per heavy atom. The normalized spacial score (nSPS) is 16.5. The highest BCUT2D eigenvalue weighted by Crippen LogP contribution is 2.35. The van der Waals surface area contributed by atoms with Crippen molar-refractivity contribution in [1.82, 2.24) is 0 Å². The third-order valence-electron chi connectivity index (χ3n) is 5.00. The summed E-state index contributed by atoms with van der Waals surface area (Å²) in [5, 5.41) is 2.60. The second-order valence-corrected chi connectivity index (χ2v) is 8.53. The molecule has 34 heavy (non-hydrogen) atoms. The fourth-order valence-electron chi connectivity index (χ4n) is 3.45. The Balaban J connectivity index is 1.55. The van der Waals surface area contributed by atoms with Crippen molar-refractivity contribution in [3.63, 3.8) is 0 Å². The predicted molar refractivity (Wildman–Crippen MR) is 134 cm³/mol. The second-order valence-electron chi connectivity index (χ2n) is 7.36. The van der Waals surface area contributed by atoms with Crippen LogP contribution in [0.5, 0.6) is 0 Å². The van der Waals surface area contributed by atoms with Crippen LogP contribution in [0.1, 0.15) is 23.7 Å². The van der Waals surface area contributed by atoms with Crippen LogP contribution in [0.4, 0.5) is 17.1 Å². The van der Waals surface area contributed by atoms with E-state index in [0.29, 0.717) is 22.2 Å². The molecule has 0 aromatic heterocycles. The first kappa shape index (κ1) is 23.3. The highest BCUT2D eigenvalue weighted by atomic mass is 32.2. The Morgan fingerprint density at radius 1 is 0.971 bits per heavy atom. The Bertz CT molecular complexity index is 1210. The average Bonchev–Trinajstić information content (AvgIpc) is 3.14. The van der Waals surface area contributed by atoms with E-state index in [0.717, 1.165) is 0 Å². The molecule has 7 nitrogen and oxygen atoms in total. The number of aliphatic imine (C=N–C) groups is 1. The Kier molecular flexibility index (Phi) is 7.39. The zero-order valence-corrected chi connectivity index (χ0v) is 19.3. The van der Waals surface area contributed by atoms with Gasteiger partial charge in [0.15, 0.2) is 5.17 Å². The third kappa shape index (κ3) is 5.35. The van der Waals surface area contributed by atoms with Crippen LogP contribution in [-0.2, 0) is 14.3 Å². The first-order valence-electron chi connectivity index (χ1n) is 10.8. The highest BCUT2D eigenvalue weighted by Gasteiger charge is 2.40. The lowest BCUT2D eigenvalue weighted by Crippen LogP contribution is -2.33. The van der Waals surface area contributed by atoms with Crippen LogP contribution in [-0.4, -0.2) is 34.8 Å². The molecule has 1 heterocycles. The van der Waals surface area contributed by atoms with Gasteiger partial charge < -0.3 is 10.1 Å². The largest absolute Gasteiger partial charge is 0.462 e. The van der Waals surface area contributed by atoms with E-state index in [1.807, 2.05) is 60.7 Å². The molecule has 0 saturated carbocycles. The van der Waals surface area contributed by atoms with Crippen LogP contribution < -0.4 is 10.2 Å². The number of nitrogens with one attached hydrogen (secondary N) is 1. The van der Waals surface area contributed by atoms with Crippen molar-refractivity contribution >= 4 is 51.8 Å². The molecule has 0 spiro atoms. The number of anilines is 2. The van der Waals surface area contributed by atoms with Gasteiger partial charge >= 0.3 is 5.97 Å². The van der Waals surface area contributed by atoms with Crippen LogP contribution in [0.3, 0.4) is 0 Å². The predicted octanol–water partition coefficient (Wildman–Crippen LogP) is 5.03. The number of benzene rings is 3. The number of rotatable bonds is 7. The van der Waals surface area contributed by atoms with E-state index in [-0.39, 0.29) is 30.4 Å². The van der Waals surface area contributed by atoms with Crippen molar-refractivity contribution in [3.05, 3.63) is 90.5 Å². The smallest absolute Gasteiger partial charge is 0.340 e. The molecule has 8 heteroatoms. The van der Waals surface area contributed by atoms with Gasteiger partial charge in [0, 0.05) is 6.42 Å². The lowest BCUT2D eigenvalue weighted by Gasteiger charge is -2.16. The average molecular weight is 474 g/mol. The van der Waals surface area contributed by atoms with E-state index in [1.54, 1.807) is 36.1 Å². The van der Waals surface area contributed by atoms with Gasteiger partial charge in [-0.05, 0) is 43.3 Å². The number of para-hydroxylation sites is 3. The SMILES string of the molecule is CCOC(=O)c1ccccc1NC(=O)C[C@H]1SC(=Nc2ccccc2)N(c2ccccc2)C1=O. The van der Waals surface area contributed by atoms with Crippen molar-refractivity contribution < 1.29 is 19.1 Å². The van der Waals surface area contributed by atoms with Gasteiger partial charge in [-0.2, -0.15) is 0 Å². The standard InChI is InChI=1S/C26H23N3O4S/c1-2-33-25(32)20-15-9-10-16-21(20)28-23(30)17-22-24(31)29(19-13-7-4-8-14-19)26(34-22)27-18-11-5-3-6-12-18/h3-16,22H,2,17H2,1H3,(H,28,30)/t22-/m1/s1. The maximum atomic E-state index is 13.3. The summed E-state index contributed by atoms with van der Waals surface area (Å²) in [5.41, 5.74) is 2.01. The van der Waals surface area contributed by atoms with Gasteiger partial charge in [0.2, 0.25) is 11.8 Å². The summed E-state index contributed by atoms with van der Waals surface area (Å²) in [6.45, 7) is 1.95. The van der Waals surface area contributed by atoms with Gasteiger partial charge in [0.1, 0.15) is 5.25 Å². The molecule has 0 bridgehead atoms. The number of amidine groups is 1. The van der Waals surface area contributed by atoms with Crippen molar-refractivity contribution in [2.45, 2.75) is 18.6 Å². The third-order valence-corrected chi connectivity index (χ3v) is 6.13. The molecule has 0 unspecified atom stereocenters. The molecule has 1 fully saturated rings. The number of hydrogen-bond donors (Lipinski definition) is 1. The van der Waals surface area contributed by atoms with Gasteiger partial charge in [-0.15, -0.1) is 0 Å². The minimum atomic E-state index is -0.655. The number of hydrogen-bond acceptors (Lipinski definition) is 6. The van der Waals surface area contributed by atoms with E-state index in [1.165, 1.54) is 11.8 Å². The molecular formula is C26H23N3O4S.